The molecule has 0 saturated heterocycles. The largest absolute Gasteiger partial charge is 0.494 e. The van der Waals surface area contributed by atoms with Gasteiger partial charge in [0.2, 0.25) is 0 Å². The first-order chi connectivity index (χ1) is 10.2. The molecular weight excluding hydrogens is 268 g/mol. The summed E-state index contributed by atoms with van der Waals surface area (Å²) in [6.45, 7) is 4.99. The SMILES string of the molecule is CCCOc1cccc(C(=O)N(CCCN)CCOC)c1. The van der Waals surface area contributed by atoms with Gasteiger partial charge in [-0.15, -0.1) is 0 Å². The van der Waals surface area contributed by atoms with E-state index in [4.69, 9.17) is 15.2 Å². The van der Waals surface area contributed by atoms with Gasteiger partial charge in [0.25, 0.3) is 5.91 Å². The minimum Gasteiger partial charge on any atom is -0.494 e. The van der Waals surface area contributed by atoms with Gasteiger partial charge >= 0.3 is 0 Å². The number of hydrogen-bond donors (Lipinski definition) is 1. The van der Waals surface area contributed by atoms with E-state index in [1.165, 1.54) is 0 Å². The zero-order valence-corrected chi connectivity index (χ0v) is 13.0. The molecule has 5 nitrogen and oxygen atoms in total. The van der Waals surface area contributed by atoms with Crippen LogP contribution in [0, 0.1) is 0 Å². The van der Waals surface area contributed by atoms with Crippen LogP contribution in [-0.2, 0) is 4.74 Å². The van der Waals surface area contributed by atoms with Crippen LogP contribution in [0.5, 0.6) is 5.75 Å². The summed E-state index contributed by atoms with van der Waals surface area (Å²) in [7, 11) is 1.63. The monoisotopic (exact) mass is 294 g/mol. The quantitative estimate of drug-likeness (QED) is 0.716. The normalized spacial score (nSPS) is 10.4. The first-order valence-corrected chi connectivity index (χ1v) is 7.44. The summed E-state index contributed by atoms with van der Waals surface area (Å²) >= 11 is 0. The third kappa shape index (κ3) is 6.14. The highest BCUT2D eigenvalue weighted by atomic mass is 16.5. The van der Waals surface area contributed by atoms with Crippen LogP contribution < -0.4 is 10.5 Å². The molecule has 0 aliphatic rings. The first kappa shape index (κ1) is 17.5. The fourth-order valence-electron chi connectivity index (χ4n) is 1.92. The fourth-order valence-corrected chi connectivity index (χ4v) is 1.92. The molecule has 0 unspecified atom stereocenters. The highest BCUT2D eigenvalue weighted by molar-refractivity contribution is 5.94. The van der Waals surface area contributed by atoms with Crippen LogP contribution in [0.2, 0.25) is 0 Å². The summed E-state index contributed by atoms with van der Waals surface area (Å²) in [5, 5.41) is 0. The van der Waals surface area contributed by atoms with E-state index < -0.39 is 0 Å². The molecule has 0 fully saturated rings. The summed E-state index contributed by atoms with van der Waals surface area (Å²) < 4.78 is 10.6. The molecule has 118 valence electrons. The molecule has 21 heavy (non-hydrogen) atoms. The molecule has 5 heteroatoms. The summed E-state index contributed by atoms with van der Waals surface area (Å²) in [5.74, 6) is 0.718. The molecule has 0 atom stereocenters. The molecule has 0 radical (unpaired) electrons. The van der Waals surface area contributed by atoms with E-state index in [-0.39, 0.29) is 5.91 Å². The number of carbonyl (C=O) groups is 1. The molecule has 0 aromatic heterocycles. The van der Waals surface area contributed by atoms with Crippen molar-refractivity contribution < 1.29 is 14.3 Å². The number of hydrogen-bond acceptors (Lipinski definition) is 4. The molecule has 0 saturated carbocycles. The van der Waals surface area contributed by atoms with Crippen LogP contribution in [-0.4, -0.2) is 50.8 Å². The van der Waals surface area contributed by atoms with Gasteiger partial charge in [-0.2, -0.15) is 0 Å². The van der Waals surface area contributed by atoms with Gasteiger partial charge in [0.1, 0.15) is 5.75 Å². The fraction of sp³-hybridized carbons (Fsp3) is 0.562. The second kappa shape index (κ2) is 10.2. The Kier molecular flexibility index (Phi) is 8.47. The Morgan fingerprint density at radius 3 is 2.76 bits per heavy atom. The third-order valence-corrected chi connectivity index (χ3v) is 3.04. The number of nitrogens with zero attached hydrogens (tertiary/aromatic N) is 1. The van der Waals surface area contributed by atoms with Crippen molar-refractivity contribution in [2.75, 3.05) is 40.0 Å². The summed E-state index contributed by atoms with van der Waals surface area (Å²) in [6, 6.07) is 7.31. The Hall–Kier alpha value is -1.59. The van der Waals surface area contributed by atoms with Gasteiger partial charge in [0, 0.05) is 25.8 Å². The topological polar surface area (TPSA) is 64.8 Å². The van der Waals surface area contributed by atoms with Crippen molar-refractivity contribution in [3.63, 3.8) is 0 Å². The van der Waals surface area contributed by atoms with Crippen molar-refractivity contribution in [1.29, 1.82) is 0 Å². The molecule has 1 rings (SSSR count). The minimum atomic E-state index is -0.0116. The Bertz CT molecular complexity index is 416. The van der Waals surface area contributed by atoms with Crippen molar-refractivity contribution in [3.8, 4) is 5.75 Å². The number of benzene rings is 1. The second-order valence-corrected chi connectivity index (χ2v) is 4.80. The molecule has 2 N–H and O–H groups in total. The van der Waals surface area contributed by atoms with Gasteiger partial charge in [-0.25, -0.2) is 0 Å². The smallest absolute Gasteiger partial charge is 0.254 e. The third-order valence-electron chi connectivity index (χ3n) is 3.04. The average Bonchev–Trinajstić information content (AvgIpc) is 2.53. The standard InChI is InChI=1S/C16H26N2O3/c1-3-11-21-15-7-4-6-14(13-15)16(19)18(9-5-8-17)10-12-20-2/h4,6-7,13H,3,5,8-12,17H2,1-2H3. The highest BCUT2D eigenvalue weighted by Gasteiger charge is 2.15. The molecule has 0 aliphatic heterocycles. The maximum Gasteiger partial charge on any atom is 0.254 e. The van der Waals surface area contributed by atoms with Crippen molar-refractivity contribution in [1.82, 2.24) is 4.90 Å². The van der Waals surface area contributed by atoms with Crippen LogP contribution in [0.15, 0.2) is 24.3 Å². The minimum absolute atomic E-state index is 0.0116. The summed E-state index contributed by atoms with van der Waals surface area (Å²) in [4.78, 5) is 14.3. The van der Waals surface area contributed by atoms with Crippen molar-refractivity contribution in [2.45, 2.75) is 19.8 Å². The highest BCUT2D eigenvalue weighted by Crippen LogP contribution is 2.15. The number of rotatable bonds is 10. The zero-order valence-electron chi connectivity index (χ0n) is 13.0. The predicted molar refractivity (Wildman–Crippen MR) is 83.7 cm³/mol. The molecule has 0 aliphatic carbocycles. The van der Waals surface area contributed by atoms with E-state index in [0.717, 1.165) is 18.6 Å². The van der Waals surface area contributed by atoms with E-state index in [9.17, 15) is 4.79 Å². The maximum absolute atomic E-state index is 12.6. The molecular formula is C16H26N2O3. The zero-order chi connectivity index (χ0) is 15.5. The van der Waals surface area contributed by atoms with E-state index in [1.807, 2.05) is 25.1 Å². The van der Waals surface area contributed by atoms with Crippen LogP contribution in [0.3, 0.4) is 0 Å². The lowest BCUT2D eigenvalue weighted by molar-refractivity contribution is 0.0694. The van der Waals surface area contributed by atoms with Crippen molar-refractivity contribution in [2.24, 2.45) is 5.73 Å². The summed E-state index contributed by atoms with van der Waals surface area (Å²) in [6.07, 6.45) is 1.72. The van der Waals surface area contributed by atoms with Crippen LogP contribution >= 0.6 is 0 Å². The molecule has 0 bridgehead atoms. The van der Waals surface area contributed by atoms with E-state index >= 15 is 0 Å². The van der Waals surface area contributed by atoms with Crippen LogP contribution in [0.25, 0.3) is 0 Å². The van der Waals surface area contributed by atoms with E-state index in [1.54, 1.807) is 18.1 Å². The molecule has 0 spiro atoms. The number of ether oxygens (including phenoxy) is 2. The summed E-state index contributed by atoms with van der Waals surface area (Å²) in [5.41, 5.74) is 6.17. The van der Waals surface area contributed by atoms with Crippen LogP contribution in [0.1, 0.15) is 30.1 Å². The van der Waals surface area contributed by atoms with Gasteiger partial charge in [0.15, 0.2) is 0 Å². The number of carbonyl (C=O) groups excluding carboxylic acids is 1. The Morgan fingerprint density at radius 1 is 1.29 bits per heavy atom. The van der Waals surface area contributed by atoms with Gasteiger partial charge in [-0.05, 0) is 37.6 Å². The molecule has 1 amide bonds. The van der Waals surface area contributed by atoms with E-state index in [0.29, 0.717) is 38.4 Å². The Morgan fingerprint density at radius 2 is 2.10 bits per heavy atom. The average molecular weight is 294 g/mol. The molecule has 1 aromatic rings. The van der Waals surface area contributed by atoms with E-state index in [2.05, 4.69) is 0 Å². The first-order valence-electron chi connectivity index (χ1n) is 7.44. The van der Waals surface area contributed by atoms with Gasteiger partial charge < -0.3 is 20.1 Å². The molecule has 0 heterocycles. The van der Waals surface area contributed by atoms with Gasteiger partial charge in [0.05, 0.1) is 13.2 Å². The maximum atomic E-state index is 12.6. The Balaban J connectivity index is 2.76. The Labute approximate surface area is 127 Å². The van der Waals surface area contributed by atoms with Crippen LogP contribution in [0.4, 0.5) is 0 Å². The number of methoxy groups -OCH3 is 1. The predicted octanol–water partition coefficient (Wildman–Crippen LogP) is 1.91. The van der Waals surface area contributed by atoms with Crippen molar-refractivity contribution >= 4 is 5.91 Å². The van der Waals surface area contributed by atoms with Gasteiger partial charge in [-0.3, -0.25) is 4.79 Å². The molecule has 1 aromatic carbocycles. The lowest BCUT2D eigenvalue weighted by atomic mass is 10.2. The lowest BCUT2D eigenvalue weighted by Crippen LogP contribution is -2.35. The van der Waals surface area contributed by atoms with Crippen molar-refractivity contribution in [3.05, 3.63) is 29.8 Å². The lowest BCUT2D eigenvalue weighted by Gasteiger charge is -2.22. The second-order valence-electron chi connectivity index (χ2n) is 4.80. The van der Waals surface area contributed by atoms with Gasteiger partial charge in [-0.1, -0.05) is 13.0 Å². The number of amides is 1. The number of nitrogens with two attached hydrogens (primary N) is 1.